The van der Waals surface area contributed by atoms with Crippen molar-refractivity contribution in [2.75, 3.05) is 13.1 Å². The van der Waals surface area contributed by atoms with Gasteiger partial charge in [0.05, 0.1) is 5.92 Å². The zero-order chi connectivity index (χ0) is 6.85. The van der Waals surface area contributed by atoms with Crippen molar-refractivity contribution in [3.63, 3.8) is 0 Å². The number of rotatable bonds is 1. The smallest absolute Gasteiger partial charge is 0.221 e. The highest BCUT2D eigenvalue weighted by Crippen LogP contribution is 2.18. The molecule has 0 spiro atoms. The van der Waals surface area contributed by atoms with Gasteiger partial charge in [-0.15, -0.1) is 0 Å². The summed E-state index contributed by atoms with van der Waals surface area (Å²) < 4.78 is 2.09. The molecule has 0 bridgehead atoms. The van der Waals surface area contributed by atoms with E-state index in [-0.39, 0.29) is 11.8 Å². The summed E-state index contributed by atoms with van der Waals surface area (Å²) in [4.78, 5) is 10.5. The topological polar surface area (TPSA) is 46.3 Å². The molecule has 1 fully saturated rings. The van der Waals surface area contributed by atoms with Crippen molar-refractivity contribution in [2.45, 2.75) is 6.42 Å². The number of hydrogen-bond donors (Lipinski definition) is 1. The lowest BCUT2D eigenvalue weighted by Gasteiger charge is -2.02. The van der Waals surface area contributed by atoms with Gasteiger partial charge in [0.1, 0.15) is 0 Å². The number of carbonyl (C=O) groups excluding carboxylic acids is 1. The normalized spacial score (nSPS) is 28.8. The van der Waals surface area contributed by atoms with Crippen molar-refractivity contribution < 1.29 is 4.79 Å². The van der Waals surface area contributed by atoms with Crippen molar-refractivity contribution in [2.24, 2.45) is 11.7 Å². The molecule has 1 aliphatic rings. The molecule has 1 aliphatic heterocycles. The molecule has 3 nitrogen and oxygen atoms in total. The summed E-state index contributed by atoms with van der Waals surface area (Å²) in [5.74, 6) is -0.0592. The van der Waals surface area contributed by atoms with Crippen LogP contribution in [0.15, 0.2) is 0 Å². The molecule has 1 heterocycles. The van der Waals surface area contributed by atoms with Crippen LogP contribution < -0.4 is 5.73 Å². The van der Waals surface area contributed by atoms with Gasteiger partial charge in [0.25, 0.3) is 0 Å². The first kappa shape index (κ1) is 7.27. The molecule has 0 aliphatic carbocycles. The standard InChI is InChI=1S/C5H9IN2O/c6-8-2-1-4(3-8)5(7)9/h4H,1-3H2,(H2,7,9)/t4-/m0/s1. The molecule has 2 N–H and O–H groups in total. The van der Waals surface area contributed by atoms with Crippen molar-refractivity contribution in [3.8, 4) is 0 Å². The number of nitrogens with two attached hydrogens (primary N) is 1. The molecular weight excluding hydrogens is 231 g/mol. The molecule has 52 valence electrons. The fraction of sp³-hybridized carbons (Fsp3) is 0.800. The molecule has 0 aromatic heterocycles. The van der Waals surface area contributed by atoms with Crippen molar-refractivity contribution >= 4 is 28.8 Å². The van der Waals surface area contributed by atoms with Crippen LogP contribution in [0.3, 0.4) is 0 Å². The Morgan fingerprint density at radius 3 is 2.67 bits per heavy atom. The summed E-state index contributed by atoms with van der Waals surface area (Å²) in [5.41, 5.74) is 5.09. The largest absolute Gasteiger partial charge is 0.369 e. The molecular formula is C5H9IN2O. The Bertz CT molecular complexity index is 128. The Kier molecular flexibility index (Phi) is 2.29. The summed E-state index contributed by atoms with van der Waals surface area (Å²) >= 11 is 2.21. The van der Waals surface area contributed by atoms with Gasteiger partial charge < -0.3 is 5.73 Å². The number of primary amides is 1. The average molecular weight is 240 g/mol. The van der Waals surface area contributed by atoms with E-state index in [0.29, 0.717) is 0 Å². The van der Waals surface area contributed by atoms with Crippen molar-refractivity contribution in [1.82, 2.24) is 3.11 Å². The summed E-state index contributed by atoms with van der Waals surface area (Å²) in [7, 11) is 0. The minimum Gasteiger partial charge on any atom is -0.369 e. The zero-order valence-corrected chi connectivity index (χ0v) is 7.17. The second-order valence-electron chi connectivity index (χ2n) is 2.26. The first-order chi connectivity index (χ1) is 4.20. The molecule has 0 aromatic carbocycles. The SMILES string of the molecule is NC(=O)[C@H]1CCN(I)C1. The van der Waals surface area contributed by atoms with Crippen molar-refractivity contribution in [1.29, 1.82) is 0 Å². The highest BCUT2D eigenvalue weighted by Gasteiger charge is 2.24. The quantitative estimate of drug-likeness (QED) is 0.523. The van der Waals surface area contributed by atoms with Crippen LogP contribution in [0.4, 0.5) is 0 Å². The predicted molar refractivity (Wildman–Crippen MR) is 42.9 cm³/mol. The Morgan fingerprint density at radius 2 is 2.44 bits per heavy atom. The van der Waals surface area contributed by atoms with Crippen LogP contribution in [0.1, 0.15) is 6.42 Å². The lowest BCUT2D eigenvalue weighted by molar-refractivity contribution is -0.121. The van der Waals surface area contributed by atoms with Gasteiger partial charge in [-0.2, -0.15) is 0 Å². The van der Waals surface area contributed by atoms with Crippen LogP contribution in [0.25, 0.3) is 0 Å². The Morgan fingerprint density at radius 1 is 1.78 bits per heavy atom. The van der Waals surface area contributed by atoms with Gasteiger partial charge in [-0.3, -0.25) is 4.79 Å². The number of carbonyl (C=O) groups is 1. The van der Waals surface area contributed by atoms with E-state index in [4.69, 9.17) is 5.73 Å². The Balaban J connectivity index is 2.39. The Labute approximate surface area is 68.1 Å². The predicted octanol–water partition coefficient (Wildman–Crippen LogP) is 0.144. The van der Waals surface area contributed by atoms with Crippen molar-refractivity contribution in [3.05, 3.63) is 0 Å². The maximum absolute atomic E-state index is 10.5. The summed E-state index contributed by atoms with van der Waals surface area (Å²) in [6.45, 7) is 1.82. The highest BCUT2D eigenvalue weighted by atomic mass is 127. The number of nitrogens with zero attached hydrogens (tertiary/aromatic N) is 1. The molecule has 0 radical (unpaired) electrons. The van der Waals surface area contributed by atoms with E-state index in [1.165, 1.54) is 0 Å². The third-order valence-corrected chi connectivity index (χ3v) is 2.42. The first-order valence-corrected chi connectivity index (χ1v) is 3.86. The van der Waals surface area contributed by atoms with Gasteiger partial charge in [-0.25, -0.2) is 3.11 Å². The third-order valence-electron chi connectivity index (χ3n) is 1.54. The maximum atomic E-state index is 10.5. The second-order valence-corrected chi connectivity index (χ2v) is 3.62. The highest BCUT2D eigenvalue weighted by molar-refractivity contribution is 14.1. The van der Waals surface area contributed by atoms with Gasteiger partial charge in [0.15, 0.2) is 0 Å². The number of hydrogen-bond acceptors (Lipinski definition) is 2. The van der Waals surface area contributed by atoms with Crippen LogP contribution in [0.2, 0.25) is 0 Å². The van der Waals surface area contributed by atoms with Crippen LogP contribution in [0.5, 0.6) is 0 Å². The third kappa shape index (κ3) is 1.79. The lowest BCUT2D eigenvalue weighted by Crippen LogP contribution is -2.24. The second kappa shape index (κ2) is 2.83. The monoisotopic (exact) mass is 240 g/mol. The molecule has 1 amide bonds. The molecule has 0 aromatic rings. The van der Waals surface area contributed by atoms with Gasteiger partial charge >= 0.3 is 0 Å². The van der Waals surface area contributed by atoms with E-state index < -0.39 is 0 Å². The van der Waals surface area contributed by atoms with E-state index in [1.807, 2.05) is 0 Å². The molecule has 0 unspecified atom stereocenters. The molecule has 9 heavy (non-hydrogen) atoms. The van der Waals surface area contributed by atoms with E-state index >= 15 is 0 Å². The number of halogens is 1. The van der Waals surface area contributed by atoms with Gasteiger partial charge in [0, 0.05) is 36.0 Å². The zero-order valence-electron chi connectivity index (χ0n) is 5.01. The van der Waals surface area contributed by atoms with Crippen LogP contribution in [-0.2, 0) is 4.79 Å². The number of amides is 1. The lowest BCUT2D eigenvalue weighted by atomic mass is 10.1. The van der Waals surface area contributed by atoms with E-state index in [2.05, 4.69) is 26.0 Å². The van der Waals surface area contributed by atoms with E-state index in [1.54, 1.807) is 0 Å². The van der Waals surface area contributed by atoms with Crippen LogP contribution >= 0.6 is 22.9 Å². The average Bonchev–Trinajstić information content (AvgIpc) is 2.14. The Hall–Kier alpha value is 0.160. The molecule has 1 saturated heterocycles. The minimum atomic E-state index is -0.158. The van der Waals surface area contributed by atoms with Gasteiger partial charge in [-0.1, -0.05) is 0 Å². The summed E-state index contributed by atoms with van der Waals surface area (Å²) in [6.07, 6.45) is 0.929. The molecule has 4 heteroatoms. The maximum Gasteiger partial charge on any atom is 0.221 e. The fourth-order valence-electron chi connectivity index (χ4n) is 0.950. The first-order valence-electron chi connectivity index (χ1n) is 2.90. The molecule has 1 rings (SSSR count). The van der Waals surface area contributed by atoms with Gasteiger partial charge in [-0.05, 0) is 6.42 Å². The summed E-state index contributed by atoms with van der Waals surface area (Å²) in [5, 5.41) is 0. The molecule has 1 atom stereocenters. The fourth-order valence-corrected chi connectivity index (χ4v) is 1.70. The summed E-state index contributed by atoms with van der Waals surface area (Å²) in [6, 6.07) is 0. The van der Waals surface area contributed by atoms with E-state index in [9.17, 15) is 4.79 Å². The molecule has 0 saturated carbocycles. The van der Waals surface area contributed by atoms with Crippen LogP contribution in [0, 0.1) is 5.92 Å². The minimum absolute atomic E-state index is 0.0990. The van der Waals surface area contributed by atoms with E-state index in [0.717, 1.165) is 19.5 Å². The van der Waals surface area contributed by atoms with Crippen LogP contribution in [-0.4, -0.2) is 22.1 Å². The van der Waals surface area contributed by atoms with Gasteiger partial charge in [0.2, 0.25) is 5.91 Å².